The van der Waals surface area contributed by atoms with Crippen molar-refractivity contribution >= 4 is 41.4 Å². The summed E-state index contributed by atoms with van der Waals surface area (Å²) in [6.45, 7) is 4.81. The zero-order valence-corrected chi connectivity index (χ0v) is 31.8. The first-order chi connectivity index (χ1) is 26.0. The molecule has 0 radical (unpaired) electrons. The molecule has 1 rings (SSSR count). The van der Waals surface area contributed by atoms with E-state index in [0.717, 1.165) is 0 Å². The van der Waals surface area contributed by atoms with Gasteiger partial charge >= 0.3 is 5.97 Å². The van der Waals surface area contributed by atoms with Crippen molar-refractivity contribution in [2.24, 2.45) is 34.6 Å². The predicted molar refractivity (Wildman–Crippen MR) is 203 cm³/mol. The van der Waals surface area contributed by atoms with Crippen LogP contribution in [0, 0.1) is 5.92 Å². The lowest BCUT2D eigenvalue weighted by molar-refractivity contribution is -0.145. The smallest absolute Gasteiger partial charge is 0.328 e. The summed E-state index contributed by atoms with van der Waals surface area (Å²) < 4.78 is 0. The number of aliphatic carboxylic acids is 1. The number of carbonyl (C=O) groups is 7. The van der Waals surface area contributed by atoms with Gasteiger partial charge in [0.2, 0.25) is 35.4 Å². The number of carboxylic acid groups (broad SMARTS) is 1. The Morgan fingerprint density at radius 3 is 1.36 bits per heavy atom. The number of hydrogen-bond acceptors (Lipinski definition) is 13. The minimum atomic E-state index is -1.66. The molecule has 0 heterocycles. The van der Waals surface area contributed by atoms with E-state index in [1.54, 1.807) is 30.3 Å². The maximum atomic E-state index is 13.9. The van der Waals surface area contributed by atoms with Gasteiger partial charge in [-0.15, -0.1) is 0 Å². The van der Waals surface area contributed by atoms with Gasteiger partial charge in [0, 0.05) is 6.42 Å². The molecule has 0 spiro atoms. The van der Waals surface area contributed by atoms with Crippen LogP contribution in [0.15, 0.2) is 30.3 Å². The molecule has 0 saturated heterocycles. The predicted octanol–water partition coefficient (Wildman–Crippen LogP) is -4.63. The Bertz CT molecular complexity index is 1400. The molecule has 0 saturated carbocycles. The fourth-order valence-corrected chi connectivity index (χ4v) is 5.39. The first-order valence-corrected chi connectivity index (χ1v) is 18.3. The van der Waals surface area contributed by atoms with Gasteiger partial charge in [-0.05, 0) is 76.7 Å². The topological polar surface area (TPSA) is 362 Å². The molecule has 55 heavy (non-hydrogen) atoms. The Kier molecular flexibility index (Phi) is 22.3. The van der Waals surface area contributed by atoms with E-state index < -0.39 is 89.8 Å². The highest BCUT2D eigenvalue weighted by atomic mass is 16.4. The molecular weight excluding hydrogens is 718 g/mol. The number of rotatable bonds is 26. The van der Waals surface area contributed by atoms with Crippen LogP contribution in [0.3, 0.4) is 0 Å². The van der Waals surface area contributed by atoms with Crippen molar-refractivity contribution in [1.82, 2.24) is 31.9 Å². The SMILES string of the molecule is CC(C)C[C@H](NC(=O)[C@@H](Cc1ccccc1)NC(=O)[C@H](CCN)NC(=O)[C@@H](N)CCN)C(=O)N[C@@H](CCN)C(=O)N[C@@H](CCN)C(=O)N[C@H](C(=O)O)[C@@H](C)O. The number of aliphatic hydroxyl groups is 1. The molecule has 1 aromatic carbocycles. The van der Waals surface area contributed by atoms with E-state index >= 15 is 0 Å². The maximum Gasteiger partial charge on any atom is 0.328 e. The summed E-state index contributed by atoms with van der Waals surface area (Å²) in [5.74, 6) is -6.22. The zero-order chi connectivity index (χ0) is 41.7. The molecule has 20 nitrogen and oxygen atoms in total. The Hall–Kier alpha value is -4.73. The van der Waals surface area contributed by atoms with E-state index in [2.05, 4.69) is 31.9 Å². The molecule has 18 N–H and O–H groups in total. The van der Waals surface area contributed by atoms with Crippen molar-refractivity contribution in [1.29, 1.82) is 0 Å². The van der Waals surface area contributed by atoms with Crippen molar-refractivity contribution in [2.75, 3.05) is 26.2 Å². The number of carboxylic acids is 1. The third-order valence-corrected chi connectivity index (χ3v) is 8.38. The van der Waals surface area contributed by atoms with Gasteiger partial charge in [0.25, 0.3) is 0 Å². The molecule has 0 unspecified atom stereocenters. The molecule has 0 aromatic heterocycles. The second-order valence-corrected chi connectivity index (χ2v) is 13.6. The highest BCUT2D eigenvalue weighted by Crippen LogP contribution is 2.10. The number of benzene rings is 1. The number of hydrogen-bond donors (Lipinski definition) is 13. The van der Waals surface area contributed by atoms with Crippen LogP contribution < -0.4 is 60.6 Å². The number of carbonyl (C=O) groups excluding carboxylic acids is 6. The van der Waals surface area contributed by atoms with Crippen LogP contribution in [0.2, 0.25) is 0 Å². The first-order valence-electron chi connectivity index (χ1n) is 18.3. The molecular formula is C35H61N11O9. The molecule has 0 bridgehead atoms. The van der Waals surface area contributed by atoms with Gasteiger partial charge in [0.05, 0.1) is 12.1 Å². The standard InChI is InChI=1S/C35H61N11O9/c1-19(2)17-26(33(52)43-24(11-15-38)30(49)42-25(12-16-39)32(51)46-28(20(3)47)35(54)55)44-34(53)27(18-21-7-5-4-6-8-21)45-31(50)23(10-14-37)41-29(48)22(40)9-13-36/h4-8,19-20,22-28,47H,9-18,36-40H2,1-3H3,(H,41,48)(H,42,49)(H,43,52)(H,44,53)(H,45,50)(H,46,51)(H,54,55)/t20-,22+,23+,24+,25+,26+,27-,28+/m1/s1. The van der Waals surface area contributed by atoms with Crippen LogP contribution in [0.5, 0.6) is 0 Å². The van der Waals surface area contributed by atoms with E-state index in [9.17, 15) is 43.8 Å². The molecule has 310 valence electrons. The molecule has 0 aliphatic carbocycles. The molecule has 20 heteroatoms. The van der Waals surface area contributed by atoms with Crippen molar-refractivity contribution < 1.29 is 43.8 Å². The quantitative estimate of drug-likeness (QED) is 0.0421. The van der Waals surface area contributed by atoms with Crippen LogP contribution in [-0.2, 0) is 40.0 Å². The van der Waals surface area contributed by atoms with E-state index in [4.69, 9.17) is 28.7 Å². The summed E-state index contributed by atoms with van der Waals surface area (Å²) in [4.78, 5) is 91.7. The lowest BCUT2D eigenvalue weighted by Gasteiger charge is -2.28. The summed E-state index contributed by atoms with van der Waals surface area (Å²) in [5, 5.41) is 34.3. The summed E-state index contributed by atoms with van der Waals surface area (Å²) in [6, 6.07) is -0.0653. The third kappa shape index (κ3) is 17.5. The van der Waals surface area contributed by atoms with Crippen LogP contribution in [0.25, 0.3) is 0 Å². The van der Waals surface area contributed by atoms with Gasteiger partial charge < -0.3 is 70.8 Å². The first kappa shape index (κ1) is 48.3. The number of aliphatic hydroxyl groups excluding tert-OH is 1. The van der Waals surface area contributed by atoms with Gasteiger partial charge in [0.15, 0.2) is 6.04 Å². The summed E-state index contributed by atoms with van der Waals surface area (Å²) in [5.41, 5.74) is 29.2. The van der Waals surface area contributed by atoms with Crippen molar-refractivity contribution in [3.8, 4) is 0 Å². The highest BCUT2D eigenvalue weighted by Gasteiger charge is 2.34. The Labute approximate surface area is 321 Å². The van der Waals surface area contributed by atoms with Gasteiger partial charge in [0.1, 0.15) is 30.2 Å². The summed E-state index contributed by atoms with van der Waals surface area (Å²) >= 11 is 0. The average Bonchev–Trinajstić information content (AvgIpc) is 3.12. The molecule has 1 aromatic rings. The molecule has 6 amide bonds. The monoisotopic (exact) mass is 779 g/mol. The fourth-order valence-electron chi connectivity index (χ4n) is 5.39. The van der Waals surface area contributed by atoms with Gasteiger partial charge in [-0.25, -0.2) is 4.79 Å². The Balaban J connectivity index is 3.31. The normalized spacial score (nSPS) is 15.5. The second kappa shape index (κ2) is 25.4. The van der Waals surface area contributed by atoms with Gasteiger partial charge in [-0.3, -0.25) is 28.8 Å². The van der Waals surface area contributed by atoms with E-state index in [1.165, 1.54) is 6.92 Å². The van der Waals surface area contributed by atoms with Crippen molar-refractivity contribution in [3.05, 3.63) is 35.9 Å². The van der Waals surface area contributed by atoms with Crippen LogP contribution >= 0.6 is 0 Å². The van der Waals surface area contributed by atoms with E-state index in [-0.39, 0.29) is 70.6 Å². The second-order valence-electron chi connectivity index (χ2n) is 13.6. The van der Waals surface area contributed by atoms with Gasteiger partial charge in [-0.1, -0.05) is 44.2 Å². The molecule has 0 aliphatic rings. The number of nitrogens with two attached hydrogens (primary N) is 5. The van der Waals surface area contributed by atoms with E-state index in [1.807, 2.05) is 13.8 Å². The van der Waals surface area contributed by atoms with Crippen molar-refractivity contribution in [3.63, 3.8) is 0 Å². The lowest BCUT2D eigenvalue weighted by Crippen LogP contribution is -2.61. The minimum absolute atomic E-state index is 0.00496. The number of nitrogens with one attached hydrogen (secondary N) is 6. The lowest BCUT2D eigenvalue weighted by atomic mass is 10.00. The highest BCUT2D eigenvalue weighted by molar-refractivity contribution is 5.97. The van der Waals surface area contributed by atoms with E-state index in [0.29, 0.717) is 5.56 Å². The zero-order valence-electron chi connectivity index (χ0n) is 31.8. The van der Waals surface area contributed by atoms with Crippen LogP contribution in [-0.4, -0.2) is 126 Å². The molecule has 0 aliphatic heterocycles. The number of amides is 6. The van der Waals surface area contributed by atoms with Crippen LogP contribution in [0.4, 0.5) is 0 Å². The minimum Gasteiger partial charge on any atom is -0.480 e. The molecule has 0 fully saturated rings. The Morgan fingerprint density at radius 1 is 0.564 bits per heavy atom. The summed E-state index contributed by atoms with van der Waals surface area (Å²) in [7, 11) is 0. The average molecular weight is 780 g/mol. The maximum absolute atomic E-state index is 13.9. The summed E-state index contributed by atoms with van der Waals surface area (Å²) in [6.07, 6.45) is -1.32. The molecule has 8 atom stereocenters. The third-order valence-electron chi connectivity index (χ3n) is 8.38. The van der Waals surface area contributed by atoms with Crippen LogP contribution in [0.1, 0.15) is 58.4 Å². The van der Waals surface area contributed by atoms with Crippen molar-refractivity contribution in [2.45, 2.75) is 108 Å². The largest absolute Gasteiger partial charge is 0.480 e. The fraction of sp³-hybridized carbons (Fsp3) is 0.629. The van der Waals surface area contributed by atoms with Gasteiger partial charge in [-0.2, -0.15) is 0 Å². The Morgan fingerprint density at radius 2 is 0.945 bits per heavy atom.